The van der Waals surface area contributed by atoms with Crippen molar-refractivity contribution >= 4 is 16.8 Å². The lowest BCUT2D eigenvalue weighted by Gasteiger charge is -2.27. The minimum atomic E-state index is 0.156. The first-order chi connectivity index (χ1) is 13.2. The number of carbonyl (C=O) groups excluding carboxylic acids is 1. The van der Waals surface area contributed by atoms with Crippen LogP contribution in [-0.4, -0.2) is 38.2 Å². The molecule has 27 heavy (non-hydrogen) atoms. The molecule has 0 N–H and O–H groups in total. The molecule has 1 saturated heterocycles. The van der Waals surface area contributed by atoms with E-state index in [1.54, 1.807) is 0 Å². The van der Waals surface area contributed by atoms with Crippen molar-refractivity contribution in [3.63, 3.8) is 0 Å². The van der Waals surface area contributed by atoms with Crippen LogP contribution in [0.2, 0.25) is 0 Å². The van der Waals surface area contributed by atoms with Crippen LogP contribution in [0, 0.1) is 5.92 Å². The molecule has 2 fully saturated rings. The van der Waals surface area contributed by atoms with Crippen LogP contribution in [0.5, 0.6) is 0 Å². The van der Waals surface area contributed by atoms with Gasteiger partial charge in [-0.15, -0.1) is 0 Å². The molecule has 2 atom stereocenters. The maximum atomic E-state index is 13.4. The van der Waals surface area contributed by atoms with Gasteiger partial charge in [0, 0.05) is 36.3 Å². The van der Waals surface area contributed by atoms with E-state index in [1.165, 1.54) is 12.8 Å². The quantitative estimate of drug-likeness (QED) is 0.703. The highest BCUT2D eigenvalue weighted by Gasteiger charge is 2.40. The van der Waals surface area contributed by atoms with E-state index >= 15 is 0 Å². The lowest BCUT2D eigenvalue weighted by molar-refractivity contribution is 0.0705. The highest BCUT2D eigenvalue weighted by Crippen LogP contribution is 2.39. The van der Waals surface area contributed by atoms with Crippen molar-refractivity contribution in [2.24, 2.45) is 5.92 Å². The Morgan fingerprint density at radius 2 is 2.15 bits per heavy atom. The van der Waals surface area contributed by atoms with Crippen LogP contribution >= 0.6 is 0 Å². The molecule has 3 heterocycles. The lowest BCUT2D eigenvalue weighted by atomic mass is 10.0. The van der Waals surface area contributed by atoms with Gasteiger partial charge in [0.25, 0.3) is 5.91 Å². The van der Waals surface area contributed by atoms with E-state index in [1.807, 2.05) is 47.4 Å². The first-order valence-electron chi connectivity index (χ1n) is 9.96. The summed E-state index contributed by atoms with van der Waals surface area (Å²) in [6.45, 7) is 3.93. The third-order valence-corrected chi connectivity index (χ3v) is 6.00. The SMILES string of the molecule is CCCn1cc(-c2cc(C(=O)N3C[C@@H]4CC[C@@H]3C4)c3ccccc3n2)cn1. The zero-order chi connectivity index (χ0) is 18.4. The number of aryl methyl sites for hydroxylation is 1. The number of rotatable bonds is 4. The Morgan fingerprint density at radius 1 is 1.26 bits per heavy atom. The molecule has 0 unspecified atom stereocenters. The number of benzene rings is 1. The number of pyridine rings is 1. The van der Waals surface area contributed by atoms with Crippen molar-refractivity contribution in [3.05, 3.63) is 48.3 Å². The van der Waals surface area contributed by atoms with Gasteiger partial charge in [0.2, 0.25) is 0 Å². The fourth-order valence-corrected chi connectivity index (χ4v) is 4.68. The van der Waals surface area contributed by atoms with Crippen molar-refractivity contribution < 1.29 is 4.79 Å². The summed E-state index contributed by atoms with van der Waals surface area (Å²) < 4.78 is 1.94. The van der Waals surface area contributed by atoms with Gasteiger partial charge < -0.3 is 4.90 Å². The van der Waals surface area contributed by atoms with E-state index in [0.29, 0.717) is 12.0 Å². The predicted octanol–water partition coefficient (Wildman–Crippen LogP) is 4.13. The van der Waals surface area contributed by atoms with Crippen LogP contribution < -0.4 is 0 Å². The van der Waals surface area contributed by atoms with Gasteiger partial charge in [0.1, 0.15) is 0 Å². The average Bonchev–Trinajstić information content (AvgIpc) is 3.44. The fourth-order valence-electron chi connectivity index (χ4n) is 4.68. The predicted molar refractivity (Wildman–Crippen MR) is 105 cm³/mol. The van der Waals surface area contributed by atoms with Crippen molar-refractivity contribution in [2.45, 2.75) is 45.2 Å². The Balaban J connectivity index is 1.59. The van der Waals surface area contributed by atoms with Gasteiger partial charge in [-0.25, -0.2) is 4.98 Å². The number of piperidine rings is 1. The van der Waals surface area contributed by atoms with Gasteiger partial charge in [-0.3, -0.25) is 9.48 Å². The largest absolute Gasteiger partial charge is 0.335 e. The molecule has 1 aliphatic carbocycles. The Hall–Kier alpha value is -2.69. The molecule has 1 aromatic carbocycles. The summed E-state index contributed by atoms with van der Waals surface area (Å²) in [6, 6.07) is 10.3. The minimum Gasteiger partial charge on any atom is -0.335 e. The Morgan fingerprint density at radius 3 is 2.93 bits per heavy atom. The summed E-state index contributed by atoms with van der Waals surface area (Å²) in [5, 5.41) is 5.37. The molecule has 138 valence electrons. The highest BCUT2D eigenvalue weighted by molar-refractivity contribution is 6.07. The molecule has 2 aromatic heterocycles. The Labute approximate surface area is 159 Å². The molecule has 0 radical (unpaired) electrons. The molecule has 5 nitrogen and oxygen atoms in total. The monoisotopic (exact) mass is 360 g/mol. The van der Waals surface area contributed by atoms with E-state index in [0.717, 1.165) is 53.7 Å². The summed E-state index contributed by atoms with van der Waals surface area (Å²) in [5.74, 6) is 0.849. The van der Waals surface area contributed by atoms with E-state index in [9.17, 15) is 4.79 Å². The molecule has 0 spiro atoms. The smallest absolute Gasteiger partial charge is 0.254 e. The second-order valence-corrected chi connectivity index (χ2v) is 7.85. The van der Waals surface area contributed by atoms with Crippen molar-refractivity contribution in [1.29, 1.82) is 0 Å². The van der Waals surface area contributed by atoms with Gasteiger partial charge in [-0.2, -0.15) is 5.10 Å². The number of para-hydroxylation sites is 1. The summed E-state index contributed by atoms with van der Waals surface area (Å²) in [4.78, 5) is 20.3. The van der Waals surface area contributed by atoms with Gasteiger partial charge in [-0.05, 0) is 43.7 Å². The van der Waals surface area contributed by atoms with Crippen molar-refractivity contribution in [3.8, 4) is 11.3 Å². The van der Waals surface area contributed by atoms with Crippen molar-refractivity contribution in [2.75, 3.05) is 6.54 Å². The fraction of sp³-hybridized carbons (Fsp3) is 0.409. The number of nitrogens with zero attached hydrogens (tertiary/aromatic N) is 4. The Kier molecular flexibility index (Phi) is 3.96. The topological polar surface area (TPSA) is 51.0 Å². The molecular formula is C22H24N4O. The summed E-state index contributed by atoms with van der Waals surface area (Å²) in [7, 11) is 0. The van der Waals surface area contributed by atoms with Crippen LogP contribution in [0.3, 0.4) is 0 Å². The standard InChI is InChI=1S/C22H24N4O/c1-2-9-25-14-16(12-23-25)21-11-19(18-5-3-4-6-20(18)24-21)22(27)26-13-15-7-8-17(26)10-15/h3-6,11-12,14-15,17H,2,7-10,13H2,1H3/t15-,17-/m1/s1. The summed E-state index contributed by atoms with van der Waals surface area (Å²) in [5.41, 5.74) is 3.42. The molecule has 5 rings (SSSR count). The molecule has 5 heteroatoms. The van der Waals surface area contributed by atoms with E-state index in [-0.39, 0.29) is 5.91 Å². The van der Waals surface area contributed by atoms with Crippen LogP contribution in [-0.2, 0) is 6.54 Å². The van der Waals surface area contributed by atoms with E-state index in [4.69, 9.17) is 4.98 Å². The molecule has 1 amide bonds. The summed E-state index contributed by atoms with van der Waals surface area (Å²) >= 11 is 0. The maximum absolute atomic E-state index is 13.4. The lowest BCUT2D eigenvalue weighted by Crippen LogP contribution is -2.37. The van der Waals surface area contributed by atoms with Crippen LogP contribution in [0.4, 0.5) is 0 Å². The number of likely N-dealkylation sites (tertiary alicyclic amines) is 1. The zero-order valence-electron chi connectivity index (χ0n) is 15.6. The Bertz CT molecular complexity index is 1010. The number of fused-ring (bicyclic) bond motifs is 3. The number of carbonyl (C=O) groups is 1. The normalized spacial score (nSPS) is 21.3. The first kappa shape index (κ1) is 16.5. The number of aromatic nitrogens is 3. The zero-order valence-corrected chi connectivity index (χ0v) is 15.6. The minimum absolute atomic E-state index is 0.156. The summed E-state index contributed by atoms with van der Waals surface area (Å²) in [6.07, 6.45) is 8.49. The van der Waals surface area contributed by atoms with Gasteiger partial charge in [-0.1, -0.05) is 25.1 Å². The molecular weight excluding hydrogens is 336 g/mol. The third-order valence-electron chi connectivity index (χ3n) is 6.00. The molecule has 2 bridgehead atoms. The third kappa shape index (κ3) is 2.82. The van der Waals surface area contributed by atoms with Crippen LogP contribution in [0.25, 0.3) is 22.2 Å². The highest BCUT2D eigenvalue weighted by atomic mass is 16.2. The average molecular weight is 360 g/mol. The van der Waals surface area contributed by atoms with E-state index in [2.05, 4.69) is 16.9 Å². The molecule has 1 saturated carbocycles. The molecule has 1 aliphatic heterocycles. The number of hydrogen-bond donors (Lipinski definition) is 0. The molecule has 2 aliphatic rings. The van der Waals surface area contributed by atoms with Crippen LogP contribution in [0.15, 0.2) is 42.7 Å². The second-order valence-electron chi connectivity index (χ2n) is 7.85. The van der Waals surface area contributed by atoms with Gasteiger partial charge >= 0.3 is 0 Å². The molecule has 3 aromatic rings. The van der Waals surface area contributed by atoms with Gasteiger partial charge in [0.05, 0.1) is 23.0 Å². The first-order valence-corrected chi connectivity index (χ1v) is 9.96. The van der Waals surface area contributed by atoms with Crippen molar-refractivity contribution in [1.82, 2.24) is 19.7 Å². The number of hydrogen-bond acceptors (Lipinski definition) is 3. The van der Waals surface area contributed by atoms with E-state index < -0.39 is 0 Å². The maximum Gasteiger partial charge on any atom is 0.254 e. The van der Waals surface area contributed by atoms with Gasteiger partial charge in [0.15, 0.2) is 0 Å². The number of amides is 1. The van der Waals surface area contributed by atoms with Crippen LogP contribution in [0.1, 0.15) is 43.0 Å². The second kappa shape index (κ2) is 6.48.